The summed E-state index contributed by atoms with van der Waals surface area (Å²) in [5.74, 6) is 1.98. The number of carbonyl (C=O) groups excluding carboxylic acids is 1. The lowest BCUT2D eigenvalue weighted by atomic mass is 9.95. The lowest BCUT2D eigenvalue weighted by Gasteiger charge is -2.18. The molecule has 1 aromatic rings. The zero-order valence-electron chi connectivity index (χ0n) is 12.3. The first-order valence-electron chi connectivity index (χ1n) is 7.18. The van der Waals surface area contributed by atoms with Crippen LogP contribution in [0.2, 0.25) is 5.02 Å². The van der Waals surface area contributed by atoms with Gasteiger partial charge in [-0.15, -0.1) is 0 Å². The molecule has 4 nitrogen and oxygen atoms in total. The molecule has 1 saturated heterocycles. The van der Waals surface area contributed by atoms with E-state index in [0.717, 1.165) is 24.6 Å². The minimum absolute atomic E-state index is 0.204. The molecule has 1 atom stereocenters. The van der Waals surface area contributed by atoms with Crippen LogP contribution in [-0.4, -0.2) is 28.9 Å². The van der Waals surface area contributed by atoms with Crippen molar-refractivity contribution in [2.75, 3.05) is 18.4 Å². The fourth-order valence-corrected chi connectivity index (χ4v) is 2.62. The number of aromatic nitrogens is 1. The Bertz CT molecular complexity index is 490. The number of rotatable bonds is 5. The molecule has 2 rings (SSSR count). The molecule has 1 aliphatic heterocycles. The summed E-state index contributed by atoms with van der Waals surface area (Å²) in [7, 11) is 0. The Hall–Kier alpha value is -1.29. The van der Waals surface area contributed by atoms with Crippen LogP contribution < -0.4 is 5.32 Å². The van der Waals surface area contributed by atoms with E-state index in [9.17, 15) is 4.79 Å². The molecule has 1 aliphatic rings. The first-order valence-corrected chi connectivity index (χ1v) is 7.56. The molecule has 1 aromatic heterocycles. The van der Waals surface area contributed by atoms with Gasteiger partial charge in [0.05, 0.1) is 17.3 Å². The second-order valence-electron chi connectivity index (χ2n) is 5.64. The molecule has 0 saturated carbocycles. The second kappa shape index (κ2) is 6.44. The molecule has 0 bridgehead atoms. The average Bonchev–Trinajstić information content (AvgIpc) is 2.76. The number of amides is 1. The Balaban J connectivity index is 2.10. The van der Waals surface area contributed by atoms with Gasteiger partial charge in [-0.3, -0.25) is 4.79 Å². The fourth-order valence-electron chi connectivity index (χ4n) is 2.46. The van der Waals surface area contributed by atoms with Gasteiger partial charge in [0.2, 0.25) is 5.91 Å². The van der Waals surface area contributed by atoms with Crippen LogP contribution in [0.15, 0.2) is 12.1 Å². The third kappa shape index (κ3) is 3.42. The van der Waals surface area contributed by atoms with Crippen molar-refractivity contribution in [2.45, 2.75) is 33.7 Å². The van der Waals surface area contributed by atoms with Gasteiger partial charge in [0, 0.05) is 19.5 Å². The monoisotopic (exact) mass is 295 g/mol. The molecule has 1 fully saturated rings. The highest BCUT2D eigenvalue weighted by molar-refractivity contribution is 6.31. The Morgan fingerprint density at radius 3 is 2.85 bits per heavy atom. The maximum absolute atomic E-state index is 12.1. The van der Waals surface area contributed by atoms with Gasteiger partial charge in [0.15, 0.2) is 0 Å². The molecule has 1 amide bonds. The molecule has 2 heterocycles. The number of nitrogens with one attached hydrogen (secondary N) is 1. The maximum atomic E-state index is 12.1. The van der Waals surface area contributed by atoms with E-state index < -0.39 is 0 Å². The van der Waals surface area contributed by atoms with Gasteiger partial charge >= 0.3 is 0 Å². The van der Waals surface area contributed by atoms with Crippen LogP contribution in [-0.2, 0) is 11.3 Å². The van der Waals surface area contributed by atoms with Crippen LogP contribution in [0.5, 0.6) is 0 Å². The van der Waals surface area contributed by atoms with Crippen molar-refractivity contribution in [3.8, 4) is 0 Å². The Morgan fingerprint density at radius 1 is 1.50 bits per heavy atom. The topological polar surface area (TPSA) is 45.2 Å². The minimum atomic E-state index is 0.204. The predicted molar refractivity (Wildman–Crippen MR) is 81.8 cm³/mol. The number of hydrogen-bond donors (Lipinski definition) is 1. The van der Waals surface area contributed by atoms with Crippen molar-refractivity contribution in [1.29, 1.82) is 0 Å². The van der Waals surface area contributed by atoms with Crippen LogP contribution in [0.1, 0.15) is 32.9 Å². The zero-order chi connectivity index (χ0) is 14.7. The van der Waals surface area contributed by atoms with Crippen molar-refractivity contribution < 1.29 is 4.79 Å². The van der Waals surface area contributed by atoms with Crippen LogP contribution >= 0.6 is 11.6 Å². The quantitative estimate of drug-likeness (QED) is 0.907. The summed E-state index contributed by atoms with van der Waals surface area (Å²) in [5, 5.41) is 3.78. The van der Waals surface area contributed by atoms with E-state index in [1.165, 1.54) is 0 Å². The summed E-state index contributed by atoms with van der Waals surface area (Å²) in [6, 6.07) is 3.69. The molecule has 1 N–H and O–H groups in total. The van der Waals surface area contributed by atoms with Crippen LogP contribution in [0.4, 0.5) is 5.82 Å². The lowest BCUT2D eigenvalue weighted by Crippen LogP contribution is -2.26. The zero-order valence-corrected chi connectivity index (χ0v) is 13.1. The molecule has 0 aliphatic carbocycles. The summed E-state index contributed by atoms with van der Waals surface area (Å²) in [6.07, 6.45) is 0.641. The Kier molecular flexibility index (Phi) is 4.86. The Labute approximate surface area is 125 Å². The number of carbonyl (C=O) groups is 1. The second-order valence-corrected chi connectivity index (χ2v) is 6.05. The van der Waals surface area contributed by atoms with Crippen molar-refractivity contribution in [1.82, 2.24) is 9.88 Å². The SMILES string of the molecule is CCNc1ccc(Cl)c(CN2CC(C(C)C)CC2=O)n1. The van der Waals surface area contributed by atoms with Gasteiger partial charge in [0.1, 0.15) is 5.82 Å². The van der Waals surface area contributed by atoms with Gasteiger partial charge in [-0.05, 0) is 30.9 Å². The van der Waals surface area contributed by atoms with E-state index in [2.05, 4.69) is 24.1 Å². The van der Waals surface area contributed by atoms with Gasteiger partial charge in [0.25, 0.3) is 0 Å². The summed E-state index contributed by atoms with van der Waals surface area (Å²) in [5.41, 5.74) is 0.767. The van der Waals surface area contributed by atoms with Crippen LogP contribution in [0.25, 0.3) is 0 Å². The van der Waals surface area contributed by atoms with Gasteiger partial charge in [-0.2, -0.15) is 0 Å². The summed E-state index contributed by atoms with van der Waals surface area (Å²) in [6.45, 7) is 8.47. The maximum Gasteiger partial charge on any atom is 0.223 e. The highest BCUT2D eigenvalue weighted by Crippen LogP contribution is 2.27. The van der Waals surface area contributed by atoms with Gasteiger partial charge in [-0.25, -0.2) is 4.98 Å². The van der Waals surface area contributed by atoms with Crippen molar-refractivity contribution in [3.05, 3.63) is 22.8 Å². The van der Waals surface area contributed by atoms with E-state index in [1.807, 2.05) is 24.0 Å². The van der Waals surface area contributed by atoms with Gasteiger partial charge < -0.3 is 10.2 Å². The first kappa shape index (κ1) is 15.1. The highest BCUT2D eigenvalue weighted by atomic mass is 35.5. The molecule has 0 aromatic carbocycles. The molecule has 0 radical (unpaired) electrons. The van der Waals surface area contributed by atoms with E-state index >= 15 is 0 Å². The number of hydrogen-bond acceptors (Lipinski definition) is 3. The van der Waals surface area contributed by atoms with Gasteiger partial charge in [-0.1, -0.05) is 25.4 Å². The minimum Gasteiger partial charge on any atom is -0.370 e. The van der Waals surface area contributed by atoms with Crippen molar-refractivity contribution in [2.24, 2.45) is 11.8 Å². The van der Waals surface area contributed by atoms with Crippen LogP contribution in [0.3, 0.4) is 0 Å². The van der Waals surface area contributed by atoms with E-state index in [-0.39, 0.29) is 5.91 Å². The van der Waals surface area contributed by atoms with E-state index in [1.54, 1.807) is 0 Å². The molecule has 20 heavy (non-hydrogen) atoms. The normalized spacial score (nSPS) is 18.9. The highest BCUT2D eigenvalue weighted by Gasteiger charge is 2.31. The Morgan fingerprint density at radius 2 is 2.25 bits per heavy atom. The molecule has 5 heteroatoms. The number of halogens is 1. The number of pyridine rings is 1. The summed E-state index contributed by atoms with van der Waals surface area (Å²) >= 11 is 6.19. The van der Waals surface area contributed by atoms with Crippen molar-refractivity contribution >= 4 is 23.3 Å². The van der Waals surface area contributed by atoms with Crippen LogP contribution in [0, 0.1) is 11.8 Å². The standard InChI is InChI=1S/C15H22ClN3O/c1-4-17-14-6-5-12(16)13(18-14)9-19-8-11(10(2)3)7-15(19)20/h5-6,10-11H,4,7-9H2,1-3H3,(H,17,18). The van der Waals surface area contributed by atoms with Crippen molar-refractivity contribution in [3.63, 3.8) is 0 Å². The predicted octanol–water partition coefficient (Wildman–Crippen LogP) is 3.17. The summed E-state index contributed by atoms with van der Waals surface area (Å²) in [4.78, 5) is 18.4. The fraction of sp³-hybridized carbons (Fsp3) is 0.600. The smallest absolute Gasteiger partial charge is 0.223 e. The number of anilines is 1. The molecule has 110 valence electrons. The molecule has 0 spiro atoms. The molecular formula is C15H22ClN3O. The third-order valence-corrected chi connectivity index (χ3v) is 4.15. The lowest BCUT2D eigenvalue weighted by molar-refractivity contribution is -0.128. The molecule has 1 unspecified atom stereocenters. The third-order valence-electron chi connectivity index (χ3n) is 3.80. The summed E-state index contributed by atoms with van der Waals surface area (Å²) < 4.78 is 0. The number of likely N-dealkylation sites (tertiary alicyclic amines) is 1. The first-order chi connectivity index (χ1) is 9.51. The average molecular weight is 296 g/mol. The molecular weight excluding hydrogens is 274 g/mol. The van der Waals surface area contributed by atoms with E-state index in [0.29, 0.717) is 29.8 Å². The number of nitrogens with zero attached hydrogens (tertiary/aromatic N) is 2. The van der Waals surface area contributed by atoms with E-state index in [4.69, 9.17) is 11.6 Å². The largest absolute Gasteiger partial charge is 0.370 e.